The Morgan fingerprint density at radius 1 is 0.760 bits per heavy atom. The molecule has 0 atom stereocenters. The molecule has 25 heavy (non-hydrogen) atoms. The van der Waals surface area contributed by atoms with Crippen molar-refractivity contribution in [1.29, 1.82) is 0 Å². The van der Waals surface area contributed by atoms with Crippen LogP contribution in [0.4, 0.5) is 22.0 Å². The van der Waals surface area contributed by atoms with Crippen LogP contribution in [0, 0.1) is 27.7 Å². The number of benzene rings is 2. The van der Waals surface area contributed by atoms with E-state index in [1.54, 1.807) is 27.7 Å². The maximum absolute atomic E-state index is 14.1. The maximum atomic E-state index is 14.1. The second-order valence-corrected chi connectivity index (χ2v) is 6.57. The Kier molecular flexibility index (Phi) is 3.86. The van der Waals surface area contributed by atoms with Crippen molar-refractivity contribution in [2.24, 2.45) is 0 Å². The van der Waals surface area contributed by atoms with E-state index in [0.717, 1.165) is 0 Å². The molecule has 0 radical (unpaired) electrons. The topological polar surface area (TPSA) is 9.23 Å². The van der Waals surface area contributed by atoms with Crippen LogP contribution in [0.25, 0.3) is 0 Å². The fourth-order valence-electron chi connectivity index (χ4n) is 3.29. The minimum absolute atomic E-state index is 0.170. The van der Waals surface area contributed by atoms with Crippen LogP contribution in [-0.4, -0.2) is 12.6 Å². The van der Waals surface area contributed by atoms with E-state index in [4.69, 9.17) is 4.74 Å². The van der Waals surface area contributed by atoms with E-state index in [9.17, 15) is 22.0 Å². The van der Waals surface area contributed by atoms with Gasteiger partial charge >= 0.3 is 6.18 Å². The predicted octanol–water partition coefficient (Wildman–Crippen LogP) is 6.14. The summed E-state index contributed by atoms with van der Waals surface area (Å²) in [5.41, 5.74) is -2.12. The van der Waals surface area contributed by atoms with Crippen LogP contribution in [-0.2, 0) is 5.41 Å². The van der Waals surface area contributed by atoms with Gasteiger partial charge in [-0.1, -0.05) is 12.1 Å². The van der Waals surface area contributed by atoms with Gasteiger partial charge in [0.1, 0.15) is 11.5 Å². The normalized spacial score (nSPS) is 15.6. The van der Waals surface area contributed by atoms with E-state index in [1.807, 2.05) is 0 Å². The molecule has 3 rings (SSSR count). The van der Waals surface area contributed by atoms with Gasteiger partial charge in [0.2, 0.25) is 0 Å². The Morgan fingerprint density at radius 3 is 1.44 bits per heavy atom. The van der Waals surface area contributed by atoms with Crippen molar-refractivity contribution >= 4 is 0 Å². The van der Waals surface area contributed by atoms with Crippen LogP contribution in [0.5, 0.6) is 11.5 Å². The van der Waals surface area contributed by atoms with Gasteiger partial charge in [0, 0.05) is 11.1 Å². The van der Waals surface area contributed by atoms with Crippen LogP contribution in [0.3, 0.4) is 0 Å². The quantitative estimate of drug-likeness (QED) is 0.558. The fraction of sp³-hybridized carbons (Fsp3) is 0.368. The molecule has 0 saturated heterocycles. The predicted molar refractivity (Wildman–Crippen MR) is 84.7 cm³/mol. The first-order valence-electron chi connectivity index (χ1n) is 7.76. The number of fused-ring (bicyclic) bond motifs is 2. The highest BCUT2D eigenvalue weighted by Gasteiger charge is 2.67. The third-order valence-electron chi connectivity index (χ3n) is 5.04. The van der Waals surface area contributed by atoms with E-state index in [0.29, 0.717) is 22.3 Å². The minimum atomic E-state index is -5.18. The number of halogens is 5. The van der Waals surface area contributed by atoms with Gasteiger partial charge in [-0.25, -0.2) is 8.78 Å². The molecule has 0 amide bonds. The smallest absolute Gasteiger partial charge is 0.408 e. The summed E-state index contributed by atoms with van der Waals surface area (Å²) in [6.45, 7) is 6.59. The molecule has 0 saturated carbocycles. The second kappa shape index (κ2) is 5.44. The molecule has 1 aliphatic rings. The lowest BCUT2D eigenvalue weighted by Gasteiger charge is -2.41. The first-order chi connectivity index (χ1) is 11.5. The SMILES string of the molecule is Cc1cc2c(cc1C)C(C(F)F)(C(F)(F)F)c1cc(C)c(C)cc1O2. The van der Waals surface area contributed by atoms with Gasteiger partial charge < -0.3 is 4.74 Å². The van der Waals surface area contributed by atoms with Crippen molar-refractivity contribution in [3.8, 4) is 11.5 Å². The molecular formula is C19H17F5O. The average Bonchev–Trinajstić information content (AvgIpc) is 2.47. The minimum Gasteiger partial charge on any atom is -0.457 e. The zero-order valence-electron chi connectivity index (χ0n) is 14.2. The fourth-order valence-corrected chi connectivity index (χ4v) is 3.29. The molecule has 2 aromatic rings. The summed E-state index contributed by atoms with van der Waals surface area (Å²) in [4.78, 5) is 0. The van der Waals surface area contributed by atoms with Crippen molar-refractivity contribution in [3.63, 3.8) is 0 Å². The maximum Gasteiger partial charge on any atom is 0.408 e. The lowest BCUT2D eigenvalue weighted by Crippen LogP contribution is -2.51. The van der Waals surface area contributed by atoms with Crippen molar-refractivity contribution in [2.75, 3.05) is 0 Å². The molecule has 0 spiro atoms. The molecular weight excluding hydrogens is 339 g/mol. The molecule has 0 bridgehead atoms. The third-order valence-corrected chi connectivity index (χ3v) is 5.04. The highest BCUT2D eigenvalue weighted by Crippen LogP contribution is 2.59. The summed E-state index contributed by atoms with van der Waals surface area (Å²) in [6, 6.07) is 5.13. The van der Waals surface area contributed by atoms with Crippen LogP contribution < -0.4 is 4.74 Å². The molecule has 6 heteroatoms. The molecule has 134 valence electrons. The summed E-state index contributed by atoms with van der Waals surface area (Å²) < 4.78 is 76.3. The van der Waals surface area contributed by atoms with Gasteiger partial charge in [-0.05, 0) is 62.1 Å². The molecule has 0 N–H and O–H groups in total. The Hall–Kier alpha value is -2.11. The molecule has 1 heterocycles. The number of hydrogen-bond acceptors (Lipinski definition) is 1. The summed E-state index contributed by atoms with van der Waals surface area (Å²) in [7, 11) is 0. The van der Waals surface area contributed by atoms with Crippen LogP contribution >= 0.6 is 0 Å². The third kappa shape index (κ3) is 2.34. The van der Waals surface area contributed by atoms with Crippen LogP contribution in [0.15, 0.2) is 24.3 Å². The van der Waals surface area contributed by atoms with Crippen molar-refractivity contribution < 1.29 is 26.7 Å². The van der Waals surface area contributed by atoms with E-state index in [-0.39, 0.29) is 11.5 Å². The first-order valence-corrected chi connectivity index (χ1v) is 7.76. The lowest BCUT2D eigenvalue weighted by atomic mass is 9.70. The Balaban J connectivity index is 2.48. The Bertz CT molecular complexity index is 794. The standard InChI is InChI=1S/C19H17F5O/c1-9-5-13-15(7-11(9)3)25-16-8-12(4)10(2)6-14(16)18(13,17(20)21)19(22,23)24/h5-8,17H,1-4H3. The number of ether oxygens (including phenoxy) is 1. The summed E-state index contributed by atoms with van der Waals surface area (Å²) >= 11 is 0. The van der Waals surface area contributed by atoms with E-state index in [2.05, 4.69) is 0 Å². The largest absolute Gasteiger partial charge is 0.457 e. The van der Waals surface area contributed by atoms with Crippen molar-refractivity contribution in [2.45, 2.75) is 45.7 Å². The second-order valence-electron chi connectivity index (χ2n) is 6.57. The highest BCUT2D eigenvalue weighted by molar-refractivity contribution is 5.62. The Morgan fingerprint density at radius 2 is 1.12 bits per heavy atom. The van der Waals surface area contributed by atoms with Crippen LogP contribution in [0.2, 0.25) is 0 Å². The van der Waals surface area contributed by atoms with Gasteiger partial charge in [-0.3, -0.25) is 0 Å². The van der Waals surface area contributed by atoms with Crippen molar-refractivity contribution in [3.05, 3.63) is 57.6 Å². The summed E-state index contributed by atoms with van der Waals surface area (Å²) in [5, 5.41) is 0. The number of rotatable bonds is 1. The van der Waals surface area contributed by atoms with Gasteiger partial charge in [-0.15, -0.1) is 0 Å². The zero-order chi connectivity index (χ0) is 18.7. The molecule has 1 aliphatic heterocycles. The van der Waals surface area contributed by atoms with Gasteiger partial charge in [0.25, 0.3) is 6.43 Å². The number of alkyl halides is 5. The molecule has 0 aromatic heterocycles. The molecule has 1 nitrogen and oxygen atoms in total. The average molecular weight is 356 g/mol. The van der Waals surface area contributed by atoms with Crippen LogP contribution in [0.1, 0.15) is 33.4 Å². The highest BCUT2D eigenvalue weighted by atomic mass is 19.4. The number of hydrogen-bond donors (Lipinski definition) is 0. The first kappa shape index (κ1) is 17.7. The molecule has 2 aromatic carbocycles. The number of aryl methyl sites for hydroxylation is 4. The van der Waals surface area contributed by atoms with Crippen molar-refractivity contribution in [1.82, 2.24) is 0 Å². The zero-order valence-corrected chi connectivity index (χ0v) is 14.2. The van der Waals surface area contributed by atoms with E-state index < -0.39 is 29.1 Å². The van der Waals surface area contributed by atoms with Gasteiger partial charge in [0.05, 0.1) is 0 Å². The molecule has 0 unspecified atom stereocenters. The Labute approximate surface area is 142 Å². The molecule has 0 aliphatic carbocycles. The summed E-state index contributed by atoms with van der Waals surface area (Å²) in [6.07, 6.45) is -8.85. The lowest BCUT2D eigenvalue weighted by molar-refractivity contribution is -0.212. The van der Waals surface area contributed by atoms with Gasteiger partial charge in [0.15, 0.2) is 5.41 Å². The van der Waals surface area contributed by atoms with E-state index in [1.165, 1.54) is 24.3 Å². The monoisotopic (exact) mass is 356 g/mol. The van der Waals surface area contributed by atoms with E-state index >= 15 is 0 Å². The molecule has 0 fully saturated rings. The summed E-state index contributed by atoms with van der Waals surface area (Å²) in [5.74, 6) is -0.340. The van der Waals surface area contributed by atoms with Gasteiger partial charge in [-0.2, -0.15) is 13.2 Å².